The minimum atomic E-state index is 0.0306. The van der Waals surface area contributed by atoms with Gasteiger partial charge in [-0.15, -0.1) is 0 Å². The van der Waals surface area contributed by atoms with Crippen molar-refractivity contribution in [2.45, 2.75) is 11.7 Å². The molecule has 6 heteroatoms. The van der Waals surface area contributed by atoms with Crippen LogP contribution < -0.4 is 4.90 Å². The van der Waals surface area contributed by atoms with E-state index in [9.17, 15) is 4.79 Å². The van der Waals surface area contributed by atoms with Gasteiger partial charge in [-0.1, -0.05) is 0 Å². The Kier molecular flexibility index (Phi) is 2.73. The van der Waals surface area contributed by atoms with Gasteiger partial charge in [0.2, 0.25) is 11.9 Å². The molecule has 2 heterocycles. The zero-order valence-corrected chi connectivity index (χ0v) is 9.70. The van der Waals surface area contributed by atoms with E-state index in [4.69, 9.17) is 0 Å². The molecule has 2 rings (SSSR count). The van der Waals surface area contributed by atoms with Crippen LogP contribution in [0.3, 0.4) is 0 Å². The van der Waals surface area contributed by atoms with Gasteiger partial charge in [-0.3, -0.25) is 9.69 Å². The Morgan fingerprint density at radius 3 is 3.00 bits per heavy atom. The lowest BCUT2D eigenvalue weighted by Gasteiger charge is -2.12. The molecule has 0 N–H and O–H groups in total. The molecule has 14 heavy (non-hydrogen) atoms. The predicted octanol–water partition coefficient (Wildman–Crippen LogP) is 1.27. The molecule has 1 saturated heterocycles. The molecule has 1 aliphatic rings. The number of hydrogen-bond donors (Lipinski definition) is 1. The fraction of sp³-hybridized carbons (Fsp3) is 0.375. The highest BCUT2D eigenvalue weighted by molar-refractivity contribution is 9.10. The standard InChI is InChI=1S/C8H8BrN3OS/c9-6-1-2-10-8(11-6)12-4-5(14)3-7(12)13/h1-2,5,14H,3-4H2. The molecule has 0 spiro atoms. The van der Waals surface area contributed by atoms with Crippen molar-refractivity contribution in [2.24, 2.45) is 0 Å². The average Bonchev–Trinajstić information content (AvgIpc) is 2.45. The molecular weight excluding hydrogens is 266 g/mol. The minimum absolute atomic E-state index is 0.0306. The number of carbonyl (C=O) groups excluding carboxylic acids is 1. The third-order valence-corrected chi connectivity index (χ3v) is 2.74. The van der Waals surface area contributed by atoms with Crippen molar-refractivity contribution < 1.29 is 4.79 Å². The van der Waals surface area contributed by atoms with E-state index in [2.05, 4.69) is 38.5 Å². The van der Waals surface area contributed by atoms with E-state index in [1.165, 1.54) is 0 Å². The Morgan fingerprint density at radius 2 is 2.43 bits per heavy atom. The zero-order chi connectivity index (χ0) is 10.1. The summed E-state index contributed by atoms with van der Waals surface area (Å²) in [6.45, 7) is 0.582. The first-order valence-electron chi connectivity index (χ1n) is 4.14. The Morgan fingerprint density at radius 1 is 1.64 bits per heavy atom. The van der Waals surface area contributed by atoms with E-state index in [0.29, 0.717) is 23.5 Å². The third-order valence-electron chi connectivity index (χ3n) is 1.95. The second kappa shape index (κ2) is 3.86. The Hall–Kier alpha value is -0.620. The first-order valence-corrected chi connectivity index (χ1v) is 5.45. The monoisotopic (exact) mass is 273 g/mol. The molecule has 0 aromatic carbocycles. The summed E-state index contributed by atoms with van der Waals surface area (Å²) >= 11 is 7.49. The molecule has 0 radical (unpaired) electrons. The van der Waals surface area contributed by atoms with Crippen molar-refractivity contribution in [1.29, 1.82) is 0 Å². The van der Waals surface area contributed by atoms with Gasteiger partial charge in [-0.2, -0.15) is 12.6 Å². The fourth-order valence-electron chi connectivity index (χ4n) is 1.34. The quantitative estimate of drug-likeness (QED) is 0.619. The van der Waals surface area contributed by atoms with E-state index in [0.717, 1.165) is 0 Å². The van der Waals surface area contributed by atoms with Crippen LogP contribution in [-0.4, -0.2) is 27.7 Å². The molecule has 0 bridgehead atoms. The maximum atomic E-state index is 11.5. The molecule has 1 amide bonds. The maximum Gasteiger partial charge on any atom is 0.233 e. The van der Waals surface area contributed by atoms with Crippen LogP contribution in [-0.2, 0) is 4.79 Å². The van der Waals surface area contributed by atoms with Crippen molar-refractivity contribution in [1.82, 2.24) is 9.97 Å². The topological polar surface area (TPSA) is 46.1 Å². The number of hydrogen-bond acceptors (Lipinski definition) is 4. The number of carbonyl (C=O) groups is 1. The van der Waals surface area contributed by atoms with E-state index < -0.39 is 0 Å². The highest BCUT2D eigenvalue weighted by Crippen LogP contribution is 2.21. The summed E-state index contributed by atoms with van der Waals surface area (Å²) in [7, 11) is 0. The predicted molar refractivity (Wildman–Crippen MR) is 59.5 cm³/mol. The second-order valence-corrected chi connectivity index (χ2v) is 4.58. The molecule has 0 saturated carbocycles. The normalized spacial score (nSPS) is 21.7. The molecule has 1 unspecified atom stereocenters. The van der Waals surface area contributed by atoms with Crippen LogP contribution in [0.2, 0.25) is 0 Å². The minimum Gasteiger partial charge on any atom is -0.280 e. The maximum absolute atomic E-state index is 11.5. The van der Waals surface area contributed by atoms with Gasteiger partial charge in [0.1, 0.15) is 4.60 Å². The van der Waals surface area contributed by atoms with Crippen LogP contribution in [0, 0.1) is 0 Å². The number of thiol groups is 1. The lowest BCUT2D eigenvalue weighted by atomic mass is 10.4. The van der Waals surface area contributed by atoms with E-state index >= 15 is 0 Å². The number of anilines is 1. The van der Waals surface area contributed by atoms with Gasteiger partial charge in [-0.25, -0.2) is 9.97 Å². The largest absolute Gasteiger partial charge is 0.280 e. The van der Waals surface area contributed by atoms with Crippen molar-refractivity contribution in [3.05, 3.63) is 16.9 Å². The molecule has 1 aliphatic heterocycles. The van der Waals surface area contributed by atoms with Gasteiger partial charge in [0.25, 0.3) is 0 Å². The van der Waals surface area contributed by atoms with Crippen LogP contribution >= 0.6 is 28.6 Å². The summed E-state index contributed by atoms with van der Waals surface area (Å²) in [5, 5.41) is 0.0880. The van der Waals surface area contributed by atoms with Crippen LogP contribution in [0.25, 0.3) is 0 Å². The average molecular weight is 274 g/mol. The lowest BCUT2D eigenvalue weighted by Crippen LogP contribution is -2.26. The van der Waals surface area contributed by atoms with Crippen molar-refractivity contribution in [3.63, 3.8) is 0 Å². The van der Waals surface area contributed by atoms with Crippen LogP contribution in [0.5, 0.6) is 0 Å². The van der Waals surface area contributed by atoms with E-state index in [1.807, 2.05) is 0 Å². The summed E-state index contributed by atoms with van der Waals surface area (Å²) in [5.74, 6) is 0.476. The molecule has 1 aromatic rings. The van der Waals surface area contributed by atoms with Crippen LogP contribution in [0.4, 0.5) is 5.95 Å². The number of amides is 1. The van der Waals surface area contributed by atoms with Gasteiger partial charge in [0.15, 0.2) is 0 Å². The molecule has 0 aliphatic carbocycles. The van der Waals surface area contributed by atoms with E-state index in [1.54, 1.807) is 17.2 Å². The summed E-state index contributed by atoms with van der Waals surface area (Å²) < 4.78 is 0.679. The van der Waals surface area contributed by atoms with Crippen molar-refractivity contribution in [2.75, 3.05) is 11.4 Å². The second-order valence-electron chi connectivity index (χ2n) is 3.04. The number of nitrogens with zero attached hydrogens (tertiary/aromatic N) is 3. The van der Waals surface area contributed by atoms with Crippen molar-refractivity contribution in [3.8, 4) is 0 Å². The molecule has 1 fully saturated rings. The number of halogens is 1. The first kappa shape index (κ1) is 9.92. The first-order chi connectivity index (χ1) is 6.66. The fourth-order valence-corrected chi connectivity index (χ4v) is 1.94. The van der Waals surface area contributed by atoms with Gasteiger partial charge in [-0.05, 0) is 22.0 Å². The van der Waals surface area contributed by atoms with Gasteiger partial charge in [0.05, 0.1) is 0 Å². The van der Waals surface area contributed by atoms with Crippen LogP contribution in [0.15, 0.2) is 16.9 Å². The highest BCUT2D eigenvalue weighted by Gasteiger charge is 2.29. The number of aromatic nitrogens is 2. The van der Waals surface area contributed by atoms with Gasteiger partial charge < -0.3 is 0 Å². The Bertz CT molecular complexity index is 373. The van der Waals surface area contributed by atoms with Crippen LogP contribution in [0.1, 0.15) is 6.42 Å². The Balaban J connectivity index is 2.27. The van der Waals surface area contributed by atoms with Gasteiger partial charge >= 0.3 is 0 Å². The summed E-state index contributed by atoms with van der Waals surface area (Å²) in [4.78, 5) is 21.2. The highest BCUT2D eigenvalue weighted by atomic mass is 79.9. The van der Waals surface area contributed by atoms with Crippen molar-refractivity contribution >= 4 is 40.4 Å². The SMILES string of the molecule is O=C1CC(S)CN1c1nccc(Br)n1. The molecule has 1 aromatic heterocycles. The summed E-state index contributed by atoms with van der Waals surface area (Å²) in [5.41, 5.74) is 0. The molecule has 74 valence electrons. The lowest BCUT2D eigenvalue weighted by molar-refractivity contribution is -0.117. The summed E-state index contributed by atoms with van der Waals surface area (Å²) in [6.07, 6.45) is 2.07. The molecule has 4 nitrogen and oxygen atoms in total. The smallest absolute Gasteiger partial charge is 0.233 e. The number of rotatable bonds is 1. The molecule has 1 atom stereocenters. The third kappa shape index (κ3) is 1.90. The molecular formula is C8H8BrN3OS. The zero-order valence-electron chi connectivity index (χ0n) is 7.22. The van der Waals surface area contributed by atoms with Gasteiger partial charge in [0, 0.05) is 24.4 Å². The van der Waals surface area contributed by atoms with E-state index in [-0.39, 0.29) is 11.2 Å². The Labute approximate surface area is 95.3 Å². The summed E-state index contributed by atoms with van der Waals surface area (Å²) in [6, 6.07) is 1.72.